The molecule has 1 unspecified atom stereocenters. The molecular formula is C21H22O4. The van der Waals surface area contributed by atoms with Gasteiger partial charge in [-0.3, -0.25) is 9.59 Å². The quantitative estimate of drug-likeness (QED) is 0.472. The van der Waals surface area contributed by atoms with Gasteiger partial charge in [0.25, 0.3) is 0 Å². The summed E-state index contributed by atoms with van der Waals surface area (Å²) >= 11 is 0. The van der Waals surface area contributed by atoms with Gasteiger partial charge >= 0.3 is 5.97 Å². The summed E-state index contributed by atoms with van der Waals surface area (Å²) in [6.45, 7) is 0.731. The number of hydrogen-bond donors (Lipinski definition) is 0. The van der Waals surface area contributed by atoms with E-state index in [1.807, 2.05) is 12.1 Å². The minimum absolute atomic E-state index is 0.0177. The van der Waals surface area contributed by atoms with Crippen molar-refractivity contribution >= 4 is 11.8 Å². The van der Waals surface area contributed by atoms with Crippen LogP contribution in [0.4, 0.5) is 0 Å². The third-order valence-electron chi connectivity index (χ3n) is 5.57. The van der Waals surface area contributed by atoms with Gasteiger partial charge in [-0.05, 0) is 30.5 Å². The van der Waals surface area contributed by atoms with Crippen molar-refractivity contribution in [2.24, 2.45) is 5.92 Å². The minimum atomic E-state index is -0.719. The van der Waals surface area contributed by atoms with Gasteiger partial charge in [-0.2, -0.15) is 0 Å². The minimum Gasteiger partial charge on any atom is -0.493 e. The molecule has 2 aliphatic heterocycles. The van der Waals surface area contributed by atoms with Crippen LogP contribution in [0.3, 0.4) is 0 Å². The Balaban J connectivity index is 1.55. The fraction of sp³-hybridized carbons (Fsp3) is 0.524. The van der Waals surface area contributed by atoms with E-state index in [1.165, 1.54) is 5.56 Å². The van der Waals surface area contributed by atoms with E-state index >= 15 is 0 Å². The van der Waals surface area contributed by atoms with Crippen LogP contribution in [-0.2, 0) is 20.7 Å². The number of carbonyl (C=O) groups excluding carboxylic acids is 2. The van der Waals surface area contributed by atoms with Crippen molar-refractivity contribution in [3.63, 3.8) is 0 Å². The second-order valence-corrected chi connectivity index (χ2v) is 7.31. The molecule has 4 heteroatoms. The molecule has 0 amide bonds. The Morgan fingerprint density at radius 2 is 2.04 bits per heavy atom. The van der Waals surface area contributed by atoms with Gasteiger partial charge in [-0.15, -0.1) is 0 Å². The number of Topliss-reactive ketones (excluding diaryl/α,β-unsaturated/α-hetero) is 1. The van der Waals surface area contributed by atoms with Crippen LogP contribution >= 0.6 is 0 Å². The van der Waals surface area contributed by atoms with Crippen molar-refractivity contribution in [3.05, 3.63) is 29.3 Å². The zero-order chi connectivity index (χ0) is 17.3. The van der Waals surface area contributed by atoms with Crippen LogP contribution in [0, 0.1) is 17.8 Å². The first-order valence-corrected chi connectivity index (χ1v) is 9.13. The Bertz CT molecular complexity index is 746. The number of esters is 1. The Morgan fingerprint density at radius 1 is 1.20 bits per heavy atom. The molecule has 1 saturated carbocycles. The van der Waals surface area contributed by atoms with E-state index in [2.05, 4.69) is 17.9 Å². The molecule has 0 aromatic heterocycles. The van der Waals surface area contributed by atoms with Crippen LogP contribution < -0.4 is 4.74 Å². The third-order valence-corrected chi connectivity index (χ3v) is 5.57. The summed E-state index contributed by atoms with van der Waals surface area (Å²) in [5.41, 5.74) is 1.40. The van der Waals surface area contributed by atoms with Gasteiger partial charge in [0.15, 0.2) is 0 Å². The molecule has 3 aliphatic rings. The summed E-state index contributed by atoms with van der Waals surface area (Å²) in [5.74, 6) is 7.10. The SMILES string of the molecule is O=C1CC(=O)OC(CC#Cc2ccc3c(c2)OCC3)(C2CCCC2)C1. The van der Waals surface area contributed by atoms with Gasteiger partial charge < -0.3 is 9.47 Å². The molecule has 1 aliphatic carbocycles. The lowest BCUT2D eigenvalue weighted by molar-refractivity contribution is -0.176. The lowest BCUT2D eigenvalue weighted by Gasteiger charge is -2.39. The molecule has 1 aromatic rings. The summed E-state index contributed by atoms with van der Waals surface area (Å²) in [6.07, 6.45) is 5.87. The van der Waals surface area contributed by atoms with Crippen LogP contribution in [-0.4, -0.2) is 24.0 Å². The zero-order valence-corrected chi connectivity index (χ0v) is 14.3. The van der Waals surface area contributed by atoms with E-state index in [0.717, 1.165) is 50.0 Å². The number of carbonyl (C=O) groups is 2. The van der Waals surface area contributed by atoms with E-state index in [4.69, 9.17) is 9.47 Å². The van der Waals surface area contributed by atoms with Crippen molar-refractivity contribution in [2.75, 3.05) is 6.61 Å². The van der Waals surface area contributed by atoms with Crippen LogP contribution in [0.15, 0.2) is 18.2 Å². The molecule has 4 nitrogen and oxygen atoms in total. The smallest absolute Gasteiger partial charge is 0.313 e. The highest BCUT2D eigenvalue weighted by Crippen LogP contribution is 2.43. The van der Waals surface area contributed by atoms with Crippen molar-refractivity contribution < 1.29 is 19.1 Å². The van der Waals surface area contributed by atoms with Gasteiger partial charge in [0.1, 0.15) is 23.6 Å². The largest absolute Gasteiger partial charge is 0.493 e. The Hall–Kier alpha value is -2.28. The van der Waals surface area contributed by atoms with E-state index in [1.54, 1.807) is 0 Å². The van der Waals surface area contributed by atoms with Crippen LogP contribution in [0.1, 0.15) is 56.1 Å². The fourth-order valence-electron chi connectivity index (χ4n) is 4.32. The van der Waals surface area contributed by atoms with Gasteiger partial charge in [0.05, 0.1) is 13.0 Å². The first-order chi connectivity index (χ1) is 12.1. The maximum atomic E-state index is 12.0. The summed E-state index contributed by atoms with van der Waals surface area (Å²) < 4.78 is 11.3. The van der Waals surface area contributed by atoms with Crippen molar-refractivity contribution in [3.8, 4) is 17.6 Å². The Morgan fingerprint density at radius 3 is 2.84 bits per heavy atom. The molecule has 4 rings (SSSR count). The molecule has 0 radical (unpaired) electrons. The average molecular weight is 338 g/mol. The number of benzene rings is 1. The number of rotatable bonds is 2. The van der Waals surface area contributed by atoms with Gasteiger partial charge in [0, 0.05) is 24.3 Å². The first kappa shape index (κ1) is 16.2. The number of hydrogen-bond acceptors (Lipinski definition) is 4. The molecule has 2 heterocycles. The van der Waals surface area contributed by atoms with Crippen LogP contribution in [0.5, 0.6) is 5.75 Å². The van der Waals surface area contributed by atoms with Crippen molar-refractivity contribution in [1.29, 1.82) is 0 Å². The summed E-state index contributed by atoms with van der Waals surface area (Å²) in [6, 6.07) is 6.03. The third kappa shape index (κ3) is 3.28. The number of cyclic esters (lactones) is 1. The molecule has 1 atom stereocenters. The highest BCUT2D eigenvalue weighted by molar-refractivity contribution is 5.98. The Kier molecular flexibility index (Phi) is 4.25. The highest BCUT2D eigenvalue weighted by atomic mass is 16.6. The summed E-state index contributed by atoms with van der Waals surface area (Å²) in [5, 5.41) is 0. The second kappa shape index (κ2) is 6.55. The molecule has 0 spiro atoms. The number of fused-ring (bicyclic) bond motifs is 1. The summed E-state index contributed by atoms with van der Waals surface area (Å²) in [7, 11) is 0. The number of ether oxygens (including phenoxy) is 2. The molecular weight excluding hydrogens is 316 g/mol. The topological polar surface area (TPSA) is 52.6 Å². The fourth-order valence-corrected chi connectivity index (χ4v) is 4.32. The predicted molar refractivity (Wildman–Crippen MR) is 92.2 cm³/mol. The zero-order valence-electron chi connectivity index (χ0n) is 14.3. The lowest BCUT2D eigenvalue weighted by atomic mass is 9.77. The number of ketones is 1. The molecule has 1 aromatic carbocycles. The second-order valence-electron chi connectivity index (χ2n) is 7.31. The normalized spacial score (nSPS) is 25.8. The van der Waals surface area contributed by atoms with Crippen LogP contribution in [0.25, 0.3) is 0 Å². The van der Waals surface area contributed by atoms with Gasteiger partial charge in [-0.1, -0.05) is 30.7 Å². The standard InChI is InChI=1S/C21H22O4/c22-18-13-20(23)25-21(14-18,17-5-1-2-6-17)10-3-4-15-7-8-16-9-11-24-19(16)12-15/h7-8,12,17H,1-2,5-6,9-11,13-14H2. The molecule has 0 N–H and O–H groups in total. The van der Waals surface area contributed by atoms with Gasteiger partial charge in [0.2, 0.25) is 0 Å². The van der Waals surface area contributed by atoms with E-state index in [9.17, 15) is 9.59 Å². The van der Waals surface area contributed by atoms with E-state index < -0.39 is 11.6 Å². The van der Waals surface area contributed by atoms with Crippen molar-refractivity contribution in [1.82, 2.24) is 0 Å². The van der Waals surface area contributed by atoms with E-state index in [-0.39, 0.29) is 18.1 Å². The predicted octanol–water partition coefficient (Wildman–Crippen LogP) is 3.20. The first-order valence-electron chi connectivity index (χ1n) is 9.13. The maximum absolute atomic E-state index is 12.0. The maximum Gasteiger partial charge on any atom is 0.313 e. The monoisotopic (exact) mass is 338 g/mol. The average Bonchev–Trinajstić information content (AvgIpc) is 3.25. The summed E-state index contributed by atoms with van der Waals surface area (Å²) in [4.78, 5) is 23.9. The van der Waals surface area contributed by atoms with E-state index in [0.29, 0.717) is 12.8 Å². The van der Waals surface area contributed by atoms with Gasteiger partial charge in [-0.25, -0.2) is 0 Å². The van der Waals surface area contributed by atoms with Crippen molar-refractivity contribution in [2.45, 2.75) is 57.0 Å². The molecule has 130 valence electrons. The molecule has 25 heavy (non-hydrogen) atoms. The van der Waals surface area contributed by atoms with Crippen LogP contribution in [0.2, 0.25) is 0 Å². The lowest BCUT2D eigenvalue weighted by Crippen LogP contribution is -2.47. The Labute approximate surface area is 147 Å². The highest BCUT2D eigenvalue weighted by Gasteiger charge is 2.47. The molecule has 1 saturated heterocycles. The molecule has 0 bridgehead atoms. The molecule has 2 fully saturated rings.